The number of aromatic nitrogens is 3. The molecule has 0 aliphatic carbocycles. The Morgan fingerprint density at radius 1 is 1.14 bits per heavy atom. The van der Waals surface area contributed by atoms with Gasteiger partial charge in [-0.05, 0) is 43.7 Å². The van der Waals surface area contributed by atoms with Gasteiger partial charge in [0.1, 0.15) is 23.0 Å². The minimum atomic E-state index is -0.550. The summed E-state index contributed by atoms with van der Waals surface area (Å²) in [6.07, 6.45) is 1.68. The molecular weight excluding hydrogens is 356 g/mol. The molecule has 0 spiro atoms. The molecule has 4 aromatic rings. The van der Waals surface area contributed by atoms with E-state index in [1.54, 1.807) is 36.5 Å². The van der Waals surface area contributed by atoms with E-state index in [1.807, 2.05) is 26.0 Å². The molecule has 28 heavy (non-hydrogen) atoms. The van der Waals surface area contributed by atoms with Crippen molar-refractivity contribution in [3.63, 3.8) is 0 Å². The molecule has 0 aliphatic rings. The van der Waals surface area contributed by atoms with Gasteiger partial charge in [-0.25, -0.2) is 4.98 Å². The Labute approximate surface area is 159 Å². The third-order valence-electron chi connectivity index (χ3n) is 4.45. The average Bonchev–Trinajstić information content (AvgIpc) is 2.70. The van der Waals surface area contributed by atoms with E-state index in [9.17, 15) is 14.9 Å². The summed E-state index contributed by atoms with van der Waals surface area (Å²) in [4.78, 5) is 30.6. The minimum absolute atomic E-state index is 0.134. The van der Waals surface area contributed by atoms with Crippen LogP contribution in [0.1, 0.15) is 18.1 Å². The van der Waals surface area contributed by atoms with Crippen molar-refractivity contribution in [2.75, 3.05) is 6.61 Å². The van der Waals surface area contributed by atoms with Crippen LogP contribution in [-0.2, 0) is 0 Å². The molecule has 7 nitrogen and oxygen atoms in total. The highest BCUT2D eigenvalue weighted by Crippen LogP contribution is 2.24. The molecule has 0 atom stereocenters. The Morgan fingerprint density at radius 3 is 2.68 bits per heavy atom. The van der Waals surface area contributed by atoms with Crippen molar-refractivity contribution in [1.82, 2.24) is 14.0 Å². The normalized spacial score (nSPS) is 10.9. The fourth-order valence-electron chi connectivity index (χ4n) is 3.19. The highest BCUT2D eigenvalue weighted by molar-refractivity contribution is 5.80. The molecule has 0 unspecified atom stereocenters. The van der Waals surface area contributed by atoms with Gasteiger partial charge in [0.2, 0.25) is 0 Å². The van der Waals surface area contributed by atoms with Gasteiger partial charge in [0.25, 0.3) is 11.1 Å². The summed E-state index contributed by atoms with van der Waals surface area (Å²) >= 11 is 0. The number of nitriles is 1. The molecule has 4 rings (SSSR count). The molecule has 138 valence electrons. The lowest BCUT2D eigenvalue weighted by Gasteiger charge is -2.15. The van der Waals surface area contributed by atoms with Crippen LogP contribution in [0.3, 0.4) is 0 Å². The van der Waals surface area contributed by atoms with Gasteiger partial charge < -0.3 is 4.74 Å². The zero-order valence-electron chi connectivity index (χ0n) is 15.3. The number of hydrogen-bond donors (Lipinski definition) is 0. The standard InChI is InChI=1S/C21H16N4O3/c1-3-28-17-7-5-4-6-16(17)25-19-15(10-14(11-22)20(25)26)21(27)24-12-13(2)8-9-18(24)23-19/h4-10,12H,3H2,1-2H3. The fourth-order valence-corrected chi connectivity index (χ4v) is 3.19. The Bertz CT molecular complexity index is 1390. The van der Waals surface area contributed by atoms with Gasteiger partial charge in [-0.2, -0.15) is 5.26 Å². The molecular formula is C21H16N4O3. The number of ether oxygens (including phenoxy) is 1. The average molecular weight is 372 g/mol. The number of hydrogen-bond acceptors (Lipinski definition) is 5. The van der Waals surface area contributed by atoms with Gasteiger partial charge in [0.05, 0.1) is 17.7 Å². The van der Waals surface area contributed by atoms with Crippen LogP contribution < -0.4 is 15.9 Å². The van der Waals surface area contributed by atoms with Crippen molar-refractivity contribution < 1.29 is 4.74 Å². The quantitative estimate of drug-likeness (QED) is 0.516. The zero-order chi connectivity index (χ0) is 19.8. The van der Waals surface area contributed by atoms with E-state index in [1.165, 1.54) is 15.0 Å². The molecule has 0 saturated carbocycles. The van der Waals surface area contributed by atoms with Gasteiger partial charge in [0, 0.05) is 6.20 Å². The van der Waals surface area contributed by atoms with Crippen molar-refractivity contribution in [1.29, 1.82) is 5.26 Å². The highest BCUT2D eigenvalue weighted by atomic mass is 16.5. The van der Waals surface area contributed by atoms with Crippen LogP contribution in [0.4, 0.5) is 0 Å². The van der Waals surface area contributed by atoms with Crippen molar-refractivity contribution >= 4 is 16.7 Å². The van der Waals surface area contributed by atoms with Crippen LogP contribution in [0, 0.1) is 18.3 Å². The maximum Gasteiger partial charge on any atom is 0.274 e. The maximum absolute atomic E-state index is 13.1. The number of nitrogens with zero attached hydrogens (tertiary/aromatic N) is 4. The summed E-state index contributed by atoms with van der Waals surface area (Å²) in [6.45, 7) is 4.11. The summed E-state index contributed by atoms with van der Waals surface area (Å²) in [5, 5.41) is 9.63. The number of rotatable bonds is 3. The van der Waals surface area contributed by atoms with Crippen LogP contribution in [0.2, 0.25) is 0 Å². The van der Waals surface area contributed by atoms with Crippen molar-refractivity contribution in [3.05, 3.63) is 80.5 Å². The number of para-hydroxylation sites is 2. The van der Waals surface area contributed by atoms with Crippen molar-refractivity contribution in [3.8, 4) is 17.5 Å². The van der Waals surface area contributed by atoms with Gasteiger partial charge in [-0.3, -0.25) is 18.6 Å². The van der Waals surface area contributed by atoms with Gasteiger partial charge >= 0.3 is 0 Å². The van der Waals surface area contributed by atoms with Gasteiger partial charge in [-0.1, -0.05) is 18.2 Å². The summed E-state index contributed by atoms with van der Waals surface area (Å²) in [7, 11) is 0. The van der Waals surface area contributed by atoms with Crippen LogP contribution >= 0.6 is 0 Å². The lowest BCUT2D eigenvalue weighted by Crippen LogP contribution is -2.26. The second kappa shape index (κ2) is 6.67. The minimum Gasteiger partial charge on any atom is -0.492 e. The van der Waals surface area contributed by atoms with Gasteiger partial charge in [-0.15, -0.1) is 0 Å². The predicted molar refractivity (Wildman–Crippen MR) is 105 cm³/mol. The lowest BCUT2D eigenvalue weighted by molar-refractivity contribution is 0.339. The Morgan fingerprint density at radius 2 is 1.93 bits per heavy atom. The van der Waals surface area contributed by atoms with Crippen LogP contribution in [-0.4, -0.2) is 20.6 Å². The SMILES string of the molecule is CCOc1ccccc1-n1c(=O)c(C#N)cc2c(=O)n3cc(C)ccc3nc21. The molecule has 0 N–H and O–H groups in total. The third-order valence-corrected chi connectivity index (χ3v) is 4.45. The monoisotopic (exact) mass is 372 g/mol. The number of benzene rings is 1. The Hall–Kier alpha value is -3.92. The summed E-state index contributed by atoms with van der Waals surface area (Å²) in [5.41, 5.74) is 0.893. The molecule has 0 radical (unpaired) electrons. The van der Waals surface area contributed by atoms with E-state index in [0.717, 1.165) is 5.56 Å². The summed E-state index contributed by atoms with van der Waals surface area (Å²) < 4.78 is 8.35. The zero-order valence-corrected chi connectivity index (χ0v) is 15.3. The van der Waals surface area contributed by atoms with Crippen molar-refractivity contribution in [2.24, 2.45) is 0 Å². The Balaban J connectivity index is 2.23. The molecule has 1 aromatic carbocycles. The second-order valence-corrected chi connectivity index (χ2v) is 6.30. The molecule has 0 saturated heterocycles. The van der Waals surface area contributed by atoms with E-state index in [4.69, 9.17) is 4.74 Å². The third kappa shape index (κ3) is 2.63. The molecule has 0 aliphatic heterocycles. The molecule has 3 aromatic heterocycles. The summed E-state index contributed by atoms with van der Waals surface area (Å²) in [5.74, 6) is 0.467. The number of fused-ring (bicyclic) bond motifs is 2. The van der Waals surface area contributed by atoms with Gasteiger partial charge in [0.15, 0.2) is 5.65 Å². The molecule has 0 bridgehead atoms. The van der Waals surface area contributed by atoms with E-state index >= 15 is 0 Å². The molecule has 7 heteroatoms. The Kier molecular flexibility index (Phi) is 4.17. The maximum atomic E-state index is 13.1. The number of aryl methyl sites for hydroxylation is 1. The smallest absolute Gasteiger partial charge is 0.274 e. The first-order chi connectivity index (χ1) is 13.5. The fraction of sp³-hybridized carbons (Fsp3) is 0.143. The molecule has 0 amide bonds. The predicted octanol–water partition coefficient (Wildman–Crippen LogP) is 2.58. The van der Waals surface area contributed by atoms with Crippen LogP contribution in [0.5, 0.6) is 5.75 Å². The van der Waals surface area contributed by atoms with Crippen molar-refractivity contribution in [2.45, 2.75) is 13.8 Å². The molecule has 0 fully saturated rings. The first-order valence-corrected chi connectivity index (χ1v) is 8.76. The lowest BCUT2D eigenvalue weighted by atomic mass is 10.2. The van der Waals surface area contributed by atoms with E-state index in [2.05, 4.69) is 4.98 Å². The first kappa shape index (κ1) is 17.5. The van der Waals surface area contributed by atoms with E-state index in [0.29, 0.717) is 23.7 Å². The highest BCUT2D eigenvalue weighted by Gasteiger charge is 2.18. The second-order valence-electron chi connectivity index (χ2n) is 6.30. The number of pyridine rings is 2. The summed E-state index contributed by atoms with van der Waals surface area (Å²) in [6, 6.07) is 13.7. The van der Waals surface area contributed by atoms with Crippen LogP contribution in [0.25, 0.3) is 22.4 Å². The molecule has 3 heterocycles. The largest absolute Gasteiger partial charge is 0.492 e. The van der Waals surface area contributed by atoms with E-state index < -0.39 is 5.56 Å². The first-order valence-electron chi connectivity index (χ1n) is 8.76. The van der Waals surface area contributed by atoms with Crippen LogP contribution in [0.15, 0.2) is 58.3 Å². The van der Waals surface area contributed by atoms with E-state index in [-0.39, 0.29) is 22.2 Å². The topological polar surface area (TPSA) is 89.4 Å².